The third-order valence-corrected chi connectivity index (χ3v) is 3.13. The fourth-order valence-electron chi connectivity index (χ4n) is 2.23. The number of aromatic nitrogens is 2. The molecular formula is C11H20N4O. The first-order chi connectivity index (χ1) is 7.78. The summed E-state index contributed by atoms with van der Waals surface area (Å²) < 4.78 is 5.38. The molecule has 2 rings (SSSR count). The minimum atomic E-state index is 0.653. The Bertz CT molecular complexity index is 318. The van der Waals surface area contributed by atoms with Crippen molar-refractivity contribution in [3.63, 3.8) is 0 Å². The van der Waals surface area contributed by atoms with Crippen molar-refractivity contribution in [1.29, 1.82) is 0 Å². The van der Waals surface area contributed by atoms with Crippen LogP contribution in [0.1, 0.15) is 24.6 Å². The van der Waals surface area contributed by atoms with E-state index in [0.717, 1.165) is 38.0 Å². The van der Waals surface area contributed by atoms with Gasteiger partial charge in [-0.25, -0.2) is 0 Å². The fraction of sp³-hybridized carbons (Fsp3) is 0.818. The van der Waals surface area contributed by atoms with Gasteiger partial charge in [0.15, 0.2) is 0 Å². The van der Waals surface area contributed by atoms with E-state index in [1.165, 1.54) is 12.8 Å². The second-order valence-corrected chi connectivity index (χ2v) is 4.49. The van der Waals surface area contributed by atoms with Crippen LogP contribution >= 0.6 is 0 Å². The molecule has 0 aliphatic carbocycles. The molecule has 0 saturated carbocycles. The summed E-state index contributed by atoms with van der Waals surface area (Å²) in [5.74, 6) is 2.22. The van der Waals surface area contributed by atoms with Crippen molar-refractivity contribution in [3.8, 4) is 0 Å². The maximum atomic E-state index is 5.38. The molecule has 1 fully saturated rings. The Balaban J connectivity index is 1.77. The van der Waals surface area contributed by atoms with Crippen LogP contribution in [0.4, 0.5) is 0 Å². The number of likely N-dealkylation sites (tertiary alicyclic amines) is 1. The molecule has 0 radical (unpaired) electrons. The molecule has 5 nitrogen and oxygen atoms in total. The SMILES string of the molecule is CNCC1CCN(Cc2nnc(C)o2)CC1. The molecule has 16 heavy (non-hydrogen) atoms. The van der Waals surface area contributed by atoms with Crippen LogP contribution < -0.4 is 5.32 Å². The Morgan fingerprint density at radius 2 is 2.12 bits per heavy atom. The average molecular weight is 224 g/mol. The van der Waals surface area contributed by atoms with Crippen molar-refractivity contribution in [2.45, 2.75) is 26.3 Å². The van der Waals surface area contributed by atoms with Gasteiger partial charge in [0, 0.05) is 6.92 Å². The van der Waals surface area contributed by atoms with E-state index in [1.54, 1.807) is 0 Å². The third-order valence-electron chi connectivity index (χ3n) is 3.13. The van der Waals surface area contributed by atoms with E-state index in [0.29, 0.717) is 5.89 Å². The van der Waals surface area contributed by atoms with Gasteiger partial charge in [-0.3, -0.25) is 4.90 Å². The van der Waals surface area contributed by atoms with E-state index < -0.39 is 0 Å². The number of piperidine rings is 1. The molecule has 0 aromatic carbocycles. The molecule has 0 bridgehead atoms. The highest BCUT2D eigenvalue weighted by Crippen LogP contribution is 2.17. The van der Waals surface area contributed by atoms with Gasteiger partial charge in [-0.1, -0.05) is 0 Å². The van der Waals surface area contributed by atoms with Crippen molar-refractivity contribution >= 4 is 0 Å². The Morgan fingerprint density at radius 3 is 2.69 bits per heavy atom. The standard InChI is InChI=1S/C11H20N4O/c1-9-13-14-11(16-9)8-15-5-3-10(4-6-15)7-12-2/h10,12H,3-8H2,1-2H3. The third kappa shape index (κ3) is 3.02. The molecular weight excluding hydrogens is 204 g/mol. The summed E-state index contributed by atoms with van der Waals surface area (Å²) in [4.78, 5) is 2.39. The van der Waals surface area contributed by atoms with Crippen molar-refractivity contribution in [1.82, 2.24) is 20.4 Å². The summed E-state index contributed by atoms with van der Waals surface area (Å²) in [7, 11) is 2.02. The first-order valence-electron chi connectivity index (χ1n) is 5.94. The van der Waals surface area contributed by atoms with Crippen LogP contribution in [0.2, 0.25) is 0 Å². The topological polar surface area (TPSA) is 54.2 Å². The maximum absolute atomic E-state index is 5.38. The van der Waals surface area contributed by atoms with E-state index in [-0.39, 0.29) is 0 Å². The molecule has 0 spiro atoms. The number of rotatable bonds is 4. The maximum Gasteiger partial charge on any atom is 0.230 e. The minimum absolute atomic E-state index is 0.653. The molecule has 1 N–H and O–H groups in total. The van der Waals surface area contributed by atoms with Gasteiger partial charge in [-0.2, -0.15) is 0 Å². The zero-order valence-electron chi connectivity index (χ0n) is 10.1. The van der Waals surface area contributed by atoms with Crippen molar-refractivity contribution in [2.24, 2.45) is 5.92 Å². The van der Waals surface area contributed by atoms with Crippen LogP contribution in [0.5, 0.6) is 0 Å². The number of hydrogen-bond acceptors (Lipinski definition) is 5. The molecule has 1 aromatic rings. The van der Waals surface area contributed by atoms with Crippen LogP contribution in [0, 0.1) is 12.8 Å². The predicted octanol–water partition coefficient (Wildman–Crippen LogP) is 0.809. The molecule has 5 heteroatoms. The quantitative estimate of drug-likeness (QED) is 0.820. The van der Waals surface area contributed by atoms with Crippen molar-refractivity contribution < 1.29 is 4.42 Å². The number of hydrogen-bond donors (Lipinski definition) is 1. The second-order valence-electron chi connectivity index (χ2n) is 4.49. The Kier molecular flexibility index (Phi) is 3.90. The van der Waals surface area contributed by atoms with Crippen LogP contribution in [0.15, 0.2) is 4.42 Å². The lowest BCUT2D eigenvalue weighted by Gasteiger charge is -2.30. The monoisotopic (exact) mass is 224 g/mol. The highest BCUT2D eigenvalue weighted by atomic mass is 16.4. The van der Waals surface area contributed by atoms with E-state index in [2.05, 4.69) is 20.4 Å². The van der Waals surface area contributed by atoms with Gasteiger partial charge < -0.3 is 9.73 Å². The first kappa shape index (κ1) is 11.5. The van der Waals surface area contributed by atoms with Gasteiger partial charge in [-0.05, 0) is 45.4 Å². The van der Waals surface area contributed by atoms with Gasteiger partial charge in [0.25, 0.3) is 0 Å². The highest BCUT2D eigenvalue weighted by Gasteiger charge is 2.19. The number of aryl methyl sites for hydroxylation is 1. The van der Waals surface area contributed by atoms with E-state index in [4.69, 9.17) is 4.42 Å². The highest BCUT2D eigenvalue weighted by molar-refractivity contribution is 4.81. The Hall–Kier alpha value is -0.940. The zero-order chi connectivity index (χ0) is 11.4. The van der Waals surface area contributed by atoms with Crippen LogP contribution in [-0.2, 0) is 6.54 Å². The van der Waals surface area contributed by atoms with Gasteiger partial charge >= 0.3 is 0 Å². The lowest BCUT2D eigenvalue weighted by Crippen LogP contribution is -2.36. The van der Waals surface area contributed by atoms with Gasteiger partial charge in [0.1, 0.15) is 0 Å². The molecule has 1 aromatic heterocycles. The van der Waals surface area contributed by atoms with Crippen LogP contribution in [-0.4, -0.2) is 41.8 Å². The number of nitrogens with zero attached hydrogens (tertiary/aromatic N) is 3. The summed E-state index contributed by atoms with van der Waals surface area (Å²) in [6.07, 6.45) is 2.52. The van der Waals surface area contributed by atoms with E-state index in [9.17, 15) is 0 Å². The molecule has 1 aliphatic rings. The van der Waals surface area contributed by atoms with Gasteiger partial charge in [-0.15, -0.1) is 10.2 Å². The summed E-state index contributed by atoms with van der Waals surface area (Å²) >= 11 is 0. The van der Waals surface area contributed by atoms with Crippen LogP contribution in [0.3, 0.4) is 0 Å². The van der Waals surface area contributed by atoms with Gasteiger partial charge in [0.2, 0.25) is 11.8 Å². The molecule has 2 heterocycles. The smallest absolute Gasteiger partial charge is 0.230 e. The Labute approximate surface area is 96.2 Å². The normalized spacial score (nSPS) is 19.1. The van der Waals surface area contributed by atoms with Crippen molar-refractivity contribution in [3.05, 3.63) is 11.8 Å². The zero-order valence-corrected chi connectivity index (χ0v) is 10.1. The largest absolute Gasteiger partial charge is 0.424 e. The first-order valence-corrected chi connectivity index (χ1v) is 5.94. The number of nitrogens with one attached hydrogen (secondary N) is 1. The molecule has 0 amide bonds. The van der Waals surface area contributed by atoms with Crippen LogP contribution in [0.25, 0.3) is 0 Å². The van der Waals surface area contributed by atoms with Crippen molar-refractivity contribution in [2.75, 3.05) is 26.7 Å². The predicted molar refractivity (Wildman–Crippen MR) is 61.0 cm³/mol. The molecule has 1 saturated heterocycles. The lowest BCUT2D eigenvalue weighted by molar-refractivity contribution is 0.163. The lowest BCUT2D eigenvalue weighted by atomic mass is 9.97. The van der Waals surface area contributed by atoms with Gasteiger partial charge in [0.05, 0.1) is 6.54 Å². The molecule has 0 unspecified atom stereocenters. The summed E-state index contributed by atoms with van der Waals surface area (Å²) in [6, 6.07) is 0. The van der Waals surface area contributed by atoms with E-state index >= 15 is 0 Å². The van der Waals surface area contributed by atoms with E-state index in [1.807, 2.05) is 14.0 Å². The molecule has 90 valence electrons. The summed E-state index contributed by atoms with van der Waals surface area (Å²) in [5.41, 5.74) is 0. The minimum Gasteiger partial charge on any atom is -0.424 e. The fourth-order valence-corrected chi connectivity index (χ4v) is 2.23. The molecule has 0 atom stereocenters. The summed E-state index contributed by atoms with van der Waals surface area (Å²) in [6.45, 7) is 6.03. The second kappa shape index (κ2) is 5.41. The molecule has 1 aliphatic heterocycles. The average Bonchev–Trinajstić information content (AvgIpc) is 2.67. The summed E-state index contributed by atoms with van der Waals surface area (Å²) in [5, 5.41) is 11.1. The Morgan fingerprint density at radius 1 is 1.38 bits per heavy atom.